The van der Waals surface area contributed by atoms with E-state index in [1.807, 2.05) is 13.0 Å². The number of aromatic nitrogens is 2. The van der Waals surface area contributed by atoms with Crippen LogP contribution in [0.2, 0.25) is 0 Å². The van der Waals surface area contributed by atoms with Crippen molar-refractivity contribution in [1.82, 2.24) is 9.97 Å². The maximum Gasteiger partial charge on any atom is 0.136 e. The van der Waals surface area contributed by atoms with Crippen LogP contribution in [-0.2, 0) is 0 Å². The van der Waals surface area contributed by atoms with Gasteiger partial charge in [0.1, 0.15) is 17.5 Å². The van der Waals surface area contributed by atoms with E-state index in [2.05, 4.69) is 77.5 Å². The molecule has 0 saturated carbocycles. The van der Waals surface area contributed by atoms with Gasteiger partial charge in [-0.2, -0.15) is 0 Å². The van der Waals surface area contributed by atoms with Crippen molar-refractivity contribution >= 4 is 23.0 Å². The second-order valence-corrected chi connectivity index (χ2v) is 6.30. The highest BCUT2D eigenvalue weighted by Crippen LogP contribution is 2.21. The van der Waals surface area contributed by atoms with E-state index in [9.17, 15) is 0 Å². The van der Waals surface area contributed by atoms with Crippen LogP contribution >= 0.6 is 0 Å². The van der Waals surface area contributed by atoms with Gasteiger partial charge in [0, 0.05) is 37.1 Å². The van der Waals surface area contributed by atoms with Crippen molar-refractivity contribution in [2.75, 3.05) is 35.2 Å². The van der Waals surface area contributed by atoms with Crippen LogP contribution in [0.5, 0.6) is 0 Å². The molecule has 0 unspecified atom stereocenters. The number of nitrogens with one attached hydrogen (secondary N) is 2. The lowest BCUT2D eigenvalue weighted by Crippen LogP contribution is -2.21. The molecule has 5 heteroatoms. The smallest absolute Gasteiger partial charge is 0.136 e. The van der Waals surface area contributed by atoms with Crippen molar-refractivity contribution in [3.63, 3.8) is 0 Å². The number of hydrogen-bond donors (Lipinski definition) is 2. The Balaban J connectivity index is 2.10. The van der Waals surface area contributed by atoms with E-state index >= 15 is 0 Å². The Morgan fingerprint density at radius 2 is 1.62 bits per heavy atom. The molecule has 0 aliphatic heterocycles. The van der Waals surface area contributed by atoms with Crippen molar-refractivity contribution in [1.29, 1.82) is 0 Å². The Kier molecular flexibility index (Phi) is 6.41. The first-order valence-corrected chi connectivity index (χ1v) is 8.73. The highest BCUT2D eigenvalue weighted by Gasteiger charge is 2.05. The van der Waals surface area contributed by atoms with Crippen molar-refractivity contribution in [3.05, 3.63) is 36.2 Å². The fourth-order valence-corrected chi connectivity index (χ4v) is 2.52. The Morgan fingerprint density at radius 1 is 1.00 bits per heavy atom. The molecule has 0 amide bonds. The standard InChI is InChI=1S/C19H29N5/c1-6-24(7-2)17-10-8-16(9-11-17)23-19-12-18(20-13-14(3)4)21-15(5)22-19/h8-12,14H,6-7,13H2,1-5H3,(H2,20,21,22,23). The molecule has 2 aromatic rings. The van der Waals surface area contributed by atoms with E-state index in [4.69, 9.17) is 0 Å². The predicted octanol–water partition coefficient (Wildman–Crippen LogP) is 4.44. The van der Waals surface area contributed by atoms with Gasteiger partial charge in [0.25, 0.3) is 0 Å². The monoisotopic (exact) mass is 327 g/mol. The molecule has 0 spiro atoms. The lowest BCUT2D eigenvalue weighted by molar-refractivity contribution is 0.686. The molecule has 2 N–H and O–H groups in total. The molecule has 1 aromatic carbocycles. The summed E-state index contributed by atoms with van der Waals surface area (Å²) in [6, 6.07) is 10.4. The van der Waals surface area contributed by atoms with Crippen LogP contribution in [0, 0.1) is 12.8 Å². The summed E-state index contributed by atoms with van der Waals surface area (Å²) in [5.41, 5.74) is 2.27. The summed E-state index contributed by atoms with van der Waals surface area (Å²) < 4.78 is 0. The third-order valence-electron chi connectivity index (χ3n) is 3.80. The molecule has 0 atom stereocenters. The molecule has 1 aromatic heterocycles. The molecule has 2 rings (SSSR count). The molecule has 0 fully saturated rings. The Labute approximate surface area is 145 Å². The van der Waals surface area contributed by atoms with Crippen LogP contribution in [0.15, 0.2) is 30.3 Å². The minimum atomic E-state index is 0.573. The zero-order valence-corrected chi connectivity index (χ0v) is 15.4. The summed E-state index contributed by atoms with van der Waals surface area (Å²) in [6.07, 6.45) is 0. The number of hydrogen-bond acceptors (Lipinski definition) is 5. The maximum absolute atomic E-state index is 4.47. The number of benzene rings is 1. The zero-order chi connectivity index (χ0) is 17.5. The highest BCUT2D eigenvalue weighted by atomic mass is 15.1. The van der Waals surface area contributed by atoms with Crippen LogP contribution in [-0.4, -0.2) is 29.6 Å². The van der Waals surface area contributed by atoms with Gasteiger partial charge in [-0.15, -0.1) is 0 Å². The normalized spacial score (nSPS) is 10.8. The number of nitrogens with zero attached hydrogens (tertiary/aromatic N) is 3. The molecular formula is C19H29N5. The van der Waals surface area contributed by atoms with Crippen LogP contribution in [0.25, 0.3) is 0 Å². The Bertz CT molecular complexity index is 633. The molecular weight excluding hydrogens is 298 g/mol. The van der Waals surface area contributed by atoms with Gasteiger partial charge in [-0.05, 0) is 51.0 Å². The van der Waals surface area contributed by atoms with Crippen LogP contribution in [0.1, 0.15) is 33.5 Å². The molecule has 1 heterocycles. The number of anilines is 4. The summed E-state index contributed by atoms with van der Waals surface area (Å²) in [4.78, 5) is 11.2. The SMILES string of the molecule is CCN(CC)c1ccc(Nc2cc(NCC(C)C)nc(C)n2)cc1. The van der Waals surface area contributed by atoms with Crippen LogP contribution in [0.4, 0.5) is 23.0 Å². The maximum atomic E-state index is 4.47. The molecule has 0 bridgehead atoms. The van der Waals surface area contributed by atoms with Gasteiger partial charge in [0.15, 0.2) is 0 Å². The first-order chi connectivity index (χ1) is 11.5. The molecule has 0 radical (unpaired) electrons. The van der Waals surface area contributed by atoms with E-state index in [0.717, 1.165) is 42.8 Å². The zero-order valence-electron chi connectivity index (χ0n) is 15.4. The van der Waals surface area contributed by atoms with E-state index < -0.39 is 0 Å². The first kappa shape index (κ1) is 18.0. The highest BCUT2D eigenvalue weighted by molar-refractivity contribution is 5.62. The fraction of sp³-hybridized carbons (Fsp3) is 0.474. The van der Waals surface area contributed by atoms with Crippen molar-refractivity contribution in [3.8, 4) is 0 Å². The second kappa shape index (κ2) is 8.52. The van der Waals surface area contributed by atoms with Crippen molar-refractivity contribution < 1.29 is 0 Å². The molecule has 0 aliphatic rings. The summed E-state index contributed by atoms with van der Waals surface area (Å²) in [5.74, 6) is 3.00. The van der Waals surface area contributed by atoms with E-state index in [1.165, 1.54) is 5.69 Å². The van der Waals surface area contributed by atoms with E-state index in [1.54, 1.807) is 0 Å². The Hall–Kier alpha value is -2.30. The summed E-state index contributed by atoms with van der Waals surface area (Å²) in [7, 11) is 0. The van der Waals surface area contributed by atoms with Crippen molar-refractivity contribution in [2.24, 2.45) is 5.92 Å². The lowest BCUT2D eigenvalue weighted by Gasteiger charge is -2.21. The van der Waals surface area contributed by atoms with Gasteiger partial charge in [-0.1, -0.05) is 13.8 Å². The number of rotatable bonds is 8. The van der Waals surface area contributed by atoms with Gasteiger partial charge < -0.3 is 15.5 Å². The van der Waals surface area contributed by atoms with Gasteiger partial charge in [-0.25, -0.2) is 9.97 Å². The van der Waals surface area contributed by atoms with Gasteiger partial charge in [0.2, 0.25) is 0 Å². The van der Waals surface area contributed by atoms with Gasteiger partial charge in [-0.3, -0.25) is 0 Å². The molecule has 24 heavy (non-hydrogen) atoms. The minimum Gasteiger partial charge on any atom is -0.372 e. The largest absolute Gasteiger partial charge is 0.372 e. The Morgan fingerprint density at radius 3 is 2.21 bits per heavy atom. The quantitative estimate of drug-likeness (QED) is 0.750. The molecule has 0 saturated heterocycles. The van der Waals surface area contributed by atoms with Gasteiger partial charge >= 0.3 is 0 Å². The third kappa shape index (κ3) is 5.11. The van der Waals surface area contributed by atoms with Crippen LogP contribution in [0.3, 0.4) is 0 Å². The molecule has 0 aliphatic carbocycles. The van der Waals surface area contributed by atoms with E-state index in [-0.39, 0.29) is 0 Å². The summed E-state index contributed by atoms with van der Waals surface area (Å²) in [5, 5.41) is 6.72. The van der Waals surface area contributed by atoms with E-state index in [0.29, 0.717) is 5.92 Å². The molecule has 130 valence electrons. The lowest BCUT2D eigenvalue weighted by atomic mass is 10.2. The van der Waals surface area contributed by atoms with Crippen LogP contribution < -0.4 is 15.5 Å². The summed E-state index contributed by atoms with van der Waals surface area (Å²) in [6.45, 7) is 13.5. The third-order valence-corrected chi connectivity index (χ3v) is 3.80. The predicted molar refractivity (Wildman–Crippen MR) is 103 cm³/mol. The summed E-state index contributed by atoms with van der Waals surface area (Å²) >= 11 is 0. The van der Waals surface area contributed by atoms with Gasteiger partial charge in [0.05, 0.1) is 0 Å². The second-order valence-electron chi connectivity index (χ2n) is 6.30. The topological polar surface area (TPSA) is 53.1 Å². The average molecular weight is 327 g/mol. The minimum absolute atomic E-state index is 0.573. The fourth-order valence-electron chi connectivity index (χ4n) is 2.52. The average Bonchev–Trinajstić information content (AvgIpc) is 2.55. The number of aryl methyl sites for hydroxylation is 1. The van der Waals surface area contributed by atoms with Crippen molar-refractivity contribution in [2.45, 2.75) is 34.6 Å². The molecule has 5 nitrogen and oxygen atoms in total. The first-order valence-electron chi connectivity index (χ1n) is 8.73.